The smallest absolute Gasteiger partial charge is 0.191 e. The number of thiazole rings is 1. The number of nitrogens with zero attached hydrogens (tertiary/aromatic N) is 3. The van der Waals surface area contributed by atoms with Crippen molar-refractivity contribution in [2.24, 2.45) is 4.99 Å². The predicted octanol–water partition coefficient (Wildman–Crippen LogP) is 3.43. The lowest BCUT2D eigenvalue weighted by Gasteiger charge is -2.14. The molecule has 26 heavy (non-hydrogen) atoms. The van der Waals surface area contributed by atoms with Crippen LogP contribution >= 0.6 is 35.3 Å². The van der Waals surface area contributed by atoms with Gasteiger partial charge in [-0.2, -0.15) is 0 Å². The molecule has 1 aromatic heterocycles. The Morgan fingerprint density at radius 2 is 1.92 bits per heavy atom. The van der Waals surface area contributed by atoms with Crippen LogP contribution in [-0.4, -0.2) is 43.0 Å². The molecule has 1 aromatic carbocycles. The molecule has 0 saturated heterocycles. The lowest BCUT2D eigenvalue weighted by molar-refractivity contribution is 0.401. The van der Waals surface area contributed by atoms with Crippen LogP contribution in [0.15, 0.2) is 35.5 Å². The van der Waals surface area contributed by atoms with Crippen molar-refractivity contribution in [2.75, 3.05) is 27.2 Å². The van der Waals surface area contributed by atoms with Gasteiger partial charge in [0.15, 0.2) is 5.96 Å². The molecule has 2 aromatic rings. The number of aromatic nitrogens is 1. The van der Waals surface area contributed by atoms with E-state index in [2.05, 4.69) is 72.7 Å². The van der Waals surface area contributed by atoms with Gasteiger partial charge in [-0.25, -0.2) is 9.98 Å². The Morgan fingerprint density at radius 3 is 2.54 bits per heavy atom. The normalized spacial score (nSPS) is 11.3. The summed E-state index contributed by atoms with van der Waals surface area (Å²) in [5.74, 6) is 0.857. The Hall–Kier alpha value is -1.19. The van der Waals surface area contributed by atoms with E-state index < -0.39 is 0 Å². The first kappa shape index (κ1) is 22.9. The van der Waals surface area contributed by atoms with Crippen molar-refractivity contribution in [1.82, 2.24) is 20.5 Å². The predicted molar refractivity (Wildman–Crippen MR) is 123 cm³/mol. The molecule has 2 rings (SSSR count). The Bertz CT molecular complexity index is 684. The van der Waals surface area contributed by atoms with Gasteiger partial charge in [-0.1, -0.05) is 24.3 Å². The van der Waals surface area contributed by atoms with Gasteiger partial charge in [-0.3, -0.25) is 0 Å². The zero-order chi connectivity index (χ0) is 18.1. The van der Waals surface area contributed by atoms with Crippen molar-refractivity contribution in [1.29, 1.82) is 0 Å². The van der Waals surface area contributed by atoms with E-state index >= 15 is 0 Å². The van der Waals surface area contributed by atoms with Crippen molar-refractivity contribution in [2.45, 2.75) is 33.4 Å². The average molecular weight is 487 g/mol. The number of hydrogen-bond donors (Lipinski definition) is 2. The van der Waals surface area contributed by atoms with Gasteiger partial charge in [0, 0.05) is 37.1 Å². The van der Waals surface area contributed by atoms with Gasteiger partial charge < -0.3 is 15.5 Å². The number of guanidine groups is 1. The lowest BCUT2D eigenvalue weighted by atomic mass is 10.1. The first-order valence-corrected chi connectivity index (χ1v) is 9.55. The van der Waals surface area contributed by atoms with E-state index in [1.165, 1.54) is 16.0 Å². The highest BCUT2D eigenvalue weighted by Gasteiger charge is 2.04. The van der Waals surface area contributed by atoms with Gasteiger partial charge in [0.2, 0.25) is 0 Å². The monoisotopic (exact) mass is 487 g/mol. The molecule has 5 nitrogen and oxygen atoms in total. The van der Waals surface area contributed by atoms with Crippen molar-refractivity contribution in [3.63, 3.8) is 0 Å². The SMILES string of the molecule is CCNC(=NCc1ccccc1CN(C)C)NCCc1ncc(C)s1.I. The van der Waals surface area contributed by atoms with Crippen LogP contribution in [0.3, 0.4) is 0 Å². The molecule has 0 aliphatic rings. The third-order valence-corrected chi connectivity index (χ3v) is 4.63. The van der Waals surface area contributed by atoms with E-state index in [-0.39, 0.29) is 24.0 Å². The molecule has 0 amide bonds. The van der Waals surface area contributed by atoms with Crippen LogP contribution < -0.4 is 10.6 Å². The molecule has 2 N–H and O–H groups in total. The number of benzene rings is 1. The fourth-order valence-corrected chi connectivity index (χ4v) is 3.30. The van der Waals surface area contributed by atoms with Gasteiger partial charge in [0.05, 0.1) is 11.6 Å². The van der Waals surface area contributed by atoms with E-state index in [0.717, 1.165) is 37.0 Å². The number of halogens is 1. The standard InChI is InChI=1S/C19H29N5S.HI/c1-5-20-19(21-11-10-18-22-12-15(2)25-18)23-13-16-8-6-7-9-17(16)14-24(3)4;/h6-9,12H,5,10-11,13-14H2,1-4H3,(H2,20,21,23);1H. The highest BCUT2D eigenvalue weighted by Crippen LogP contribution is 2.12. The fourth-order valence-electron chi connectivity index (χ4n) is 2.52. The van der Waals surface area contributed by atoms with Crippen LogP contribution in [0.5, 0.6) is 0 Å². The topological polar surface area (TPSA) is 52.6 Å². The van der Waals surface area contributed by atoms with Crippen molar-refractivity contribution in [3.05, 3.63) is 51.5 Å². The van der Waals surface area contributed by atoms with Crippen LogP contribution in [-0.2, 0) is 19.5 Å². The molecule has 0 aliphatic carbocycles. The second-order valence-corrected chi connectivity index (χ2v) is 7.56. The molecule has 0 saturated carbocycles. The first-order chi connectivity index (χ1) is 12.1. The molecule has 0 unspecified atom stereocenters. The number of nitrogens with one attached hydrogen (secondary N) is 2. The van der Waals surface area contributed by atoms with Crippen molar-refractivity contribution >= 4 is 41.3 Å². The summed E-state index contributed by atoms with van der Waals surface area (Å²) < 4.78 is 0. The average Bonchev–Trinajstić information content (AvgIpc) is 2.98. The van der Waals surface area contributed by atoms with Crippen molar-refractivity contribution < 1.29 is 0 Å². The minimum Gasteiger partial charge on any atom is -0.357 e. The van der Waals surface area contributed by atoms with Gasteiger partial charge in [-0.05, 0) is 39.1 Å². The van der Waals surface area contributed by atoms with Gasteiger partial charge in [-0.15, -0.1) is 35.3 Å². The summed E-state index contributed by atoms with van der Waals surface area (Å²) in [6.07, 6.45) is 2.85. The van der Waals surface area contributed by atoms with E-state index in [9.17, 15) is 0 Å². The summed E-state index contributed by atoms with van der Waals surface area (Å²) in [7, 11) is 4.18. The maximum atomic E-state index is 4.75. The van der Waals surface area contributed by atoms with Crippen molar-refractivity contribution in [3.8, 4) is 0 Å². The number of aryl methyl sites for hydroxylation is 1. The maximum Gasteiger partial charge on any atom is 0.191 e. The van der Waals surface area contributed by atoms with Gasteiger partial charge in [0.25, 0.3) is 0 Å². The molecule has 1 heterocycles. The third-order valence-electron chi connectivity index (χ3n) is 3.66. The second kappa shape index (κ2) is 12.2. The quantitative estimate of drug-likeness (QED) is 0.341. The highest BCUT2D eigenvalue weighted by molar-refractivity contribution is 14.0. The van der Waals surface area contributed by atoms with Crippen LogP contribution in [0, 0.1) is 6.92 Å². The summed E-state index contributed by atoms with van der Waals surface area (Å²) in [5.41, 5.74) is 2.59. The molecule has 0 spiro atoms. The highest BCUT2D eigenvalue weighted by atomic mass is 127. The summed E-state index contributed by atoms with van der Waals surface area (Å²) in [4.78, 5) is 12.6. The summed E-state index contributed by atoms with van der Waals surface area (Å²) in [5, 5.41) is 7.88. The molecule has 0 fully saturated rings. The number of aliphatic imine (C=N–C) groups is 1. The Morgan fingerprint density at radius 1 is 1.19 bits per heavy atom. The van der Waals surface area contributed by atoms with E-state index in [1.54, 1.807) is 11.3 Å². The molecule has 0 radical (unpaired) electrons. The van der Waals surface area contributed by atoms with Crippen LogP contribution in [0.4, 0.5) is 0 Å². The third kappa shape index (κ3) is 8.01. The minimum absolute atomic E-state index is 0. The molecular weight excluding hydrogens is 457 g/mol. The molecule has 0 atom stereocenters. The van der Waals surface area contributed by atoms with Crippen LogP contribution in [0.1, 0.15) is 27.9 Å². The fraction of sp³-hybridized carbons (Fsp3) is 0.474. The van der Waals surface area contributed by atoms with E-state index in [4.69, 9.17) is 4.99 Å². The lowest BCUT2D eigenvalue weighted by Crippen LogP contribution is -2.38. The minimum atomic E-state index is 0. The zero-order valence-electron chi connectivity index (χ0n) is 16.1. The largest absolute Gasteiger partial charge is 0.357 e. The number of rotatable bonds is 8. The van der Waals surface area contributed by atoms with E-state index in [1.807, 2.05) is 6.20 Å². The molecule has 0 aliphatic heterocycles. The molecule has 144 valence electrons. The Kier molecular flexibility index (Phi) is 10.8. The first-order valence-electron chi connectivity index (χ1n) is 8.73. The Labute approximate surface area is 178 Å². The summed E-state index contributed by atoms with van der Waals surface area (Å²) in [6, 6.07) is 8.50. The maximum absolute atomic E-state index is 4.75. The zero-order valence-corrected chi connectivity index (χ0v) is 19.2. The molecular formula is C19H30IN5S. The second-order valence-electron chi connectivity index (χ2n) is 6.24. The van der Waals surface area contributed by atoms with E-state index in [0.29, 0.717) is 6.54 Å². The van der Waals surface area contributed by atoms with Gasteiger partial charge in [0.1, 0.15) is 0 Å². The summed E-state index contributed by atoms with van der Waals surface area (Å²) >= 11 is 1.75. The van der Waals surface area contributed by atoms with Crippen LogP contribution in [0.2, 0.25) is 0 Å². The molecule has 7 heteroatoms. The van der Waals surface area contributed by atoms with Crippen LogP contribution in [0.25, 0.3) is 0 Å². The molecule has 0 bridgehead atoms. The number of hydrogen-bond acceptors (Lipinski definition) is 4. The summed E-state index contributed by atoms with van der Waals surface area (Å²) in [6.45, 7) is 7.46. The van der Waals surface area contributed by atoms with Gasteiger partial charge >= 0.3 is 0 Å². The Balaban J connectivity index is 0.00000338.